The van der Waals surface area contributed by atoms with Crippen LogP contribution in [0.2, 0.25) is 0 Å². The maximum atomic E-state index is 12.6. The smallest absolute Gasteiger partial charge is 0.337 e. The van der Waals surface area contributed by atoms with Crippen LogP contribution in [0.1, 0.15) is 67.5 Å². The number of nitrogens with zero attached hydrogens (tertiary/aromatic N) is 4. The molecule has 2 aromatic heterocycles. The lowest BCUT2D eigenvalue weighted by molar-refractivity contribution is 0.0704. The first-order valence-electron chi connectivity index (χ1n) is 8.51. The van der Waals surface area contributed by atoms with E-state index in [4.69, 9.17) is 0 Å². The number of carbonyl (C=O) groups excluding carboxylic acids is 1. The molecule has 1 aliphatic heterocycles. The van der Waals surface area contributed by atoms with E-state index in [0.29, 0.717) is 31.2 Å². The molecule has 1 amide bonds. The summed E-state index contributed by atoms with van der Waals surface area (Å²) in [6.45, 7) is 7.96. The molecule has 0 saturated carbocycles. The normalized spacial score (nSPS) is 16.1. The van der Waals surface area contributed by atoms with Crippen LogP contribution >= 0.6 is 0 Å². The average molecular weight is 332 g/mol. The molecule has 0 spiro atoms. The van der Waals surface area contributed by atoms with Gasteiger partial charge in [-0.1, -0.05) is 13.8 Å². The average Bonchev–Trinajstić information content (AvgIpc) is 3.21. The highest BCUT2D eigenvalue weighted by Gasteiger charge is 2.28. The minimum absolute atomic E-state index is 0.0356. The van der Waals surface area contributed by atoms with Gasteiger partial charge in [-0.25, -0.2) is 9.89 Å². The Morgan fingerprint density at radius 3 is 2.58 bits per heavy atom. The Bertz CT molecular complexity index is 764. The number of aromatic amines is 2. The van der Waals surface area contributed by atoms with Gasteiger partial charge in [-0.3, -0.25) is 14.5 Å². The van der Waals surface area contributed by atoms with Crippen LogP contribution in [0.25, 0.3) is 0 Å². The number of piperidine rings is 1. The van der Waals surface area contributed by atoms with Crippen molar-refractivity contribution < 1.29 is 4.79 Å². The molecule has 3 heterocycles. The SMILES string of the molecule is CCn1c(C2CCN(C(=O)c3cc(C(C)C)[nH]n3)CC2)n[nH]c1=O. The molecule has 3 rings (SSSR count). The van der Waals surface area contributed by atoms with Crippen molar-refractivity contribution in [3.63, 3.8) is 0 Å². The molecule has 1 fully saturated rings. The molecule has 8 heteroatoms. The van der Waals surface area contributed by atoms with E-state index in [1.807, 2.05) is 17.9 Å². The first kappa shape index (κ1) is 16.5. The topological polar surface area (TPSA) is 99.7 Å². The highest BCUT2D eigenvalue weighted by Crippen LogP contribution is 2.26. The first-order chi connectivity index (χ1) is 11.5. The van der Waals surface area contributed by atoms with Crippen molar-refractivity contribution in [2.75, 3.05) is 13.1 Å². The third-order valence-corrected chi connectivity index (χ3v) is 4.69. The number of H-pyrrole nitrogens is 2. The molecule has 0 radical (unpaired) electrons. The zero-order valence-electron chi connectivity index (χ0n) is 14.4. The fraction of sp³-hybridized carbons (Fsp3) is 0.625. The Morgan fingerprint density at radius 2 is 2.00 bits per heavy atom. The standard InChI is InChI=1S/C16H24N6O2/c1-4-22-14(19-20-16(22)24)11-5-7-21(8-6-11)15(23)13-9-12(10(2)3)17-18-13/h9-11H,4-8H2,1-3H3,(H,17,18)(H,20,24). The molecule has 0 aromatic carbocycles. The summed E-state index contributed by atoms with van der Waals surface area (Å²) < 4.78 is 1.67. The summed E-state index contributed by atoms with van der Waals surface area (Å²) in [5.74, 6) is 1.29. The van der Waals surface area contributed by atoms with Crippen molar-refractivity contribution in [2.45, 2.75) is 52.0 Å². The zero-order valence-corrected chi connectivity index (χ0v) is 14.4. The molecule has 24 heavy (non-hydrogen) atoms. The molecule has 130 valence electrons. The monoisotopic (exact) mass is 332 g/mol. The molecule has 1 aliphatic rings. The maximum Gasteiger partial charge on any atom is 0.343 e. The van der Waals surface area contributed by atoms with E-state index < -0.39 is 0 Å². The highest BCUT2D eigenvalue weighted by molar-refractivity contribution is 5.92. The number of carbonyl (C=O) groups is 1. The molecule has 1 saturated heterocycles. The second-order valence-corrected chi connectivity index (χ2v) is 6.56. The summed E-state index contributed by atoms with van der Waals surface area (Å²) in [7, 11) is 0. The van der Waals surface area contributed by atoms with Crippen LogP contribution in [0.5, 0.6) is 0 Å². The fourth-order valence-electron chi connectivity index (χ4n) is 3.19. The van der Waals surface area contributed by atoms with Crippen LogP contribution in [-0.2, 0) is 6.54 Å². The quantitative estimate of drug-likeness (QED) is 0.885. The lowest BCUT2D eigenvalue weighted by Crippen LogP contribution is -2.38. The number of hydrogen-bond acceptors (Lipinski definition) is 4. The lowest BCUT2D eigenvalue weighted by Gasteiger charge is -2.31. The van der Waals surface area contributed by atoms with Crippen molar-refractivity contribution in [3.8, 4) is 0 Å². The van der Waals surface area contributed by atoms with Crippen LogP contribution in [0.15, 0.2) is 10.9 Å². The summed E-state index contributed by atoms with van der Waals surface area (Å²) in [5, 5.41) is 13.8. The summed E-state index contributed by atoms with van der Waals surface area (Å²) in [6.07, 6.45) is 1.61. The van der Waals surface area contributed by atoms with Crippen molar-refractivity contribution in [1.29, 1.82) is 0 Å². The van der Waals surface area contributed by atoms with Crippen molar-refractivity contribution >= 4 is 5.91 Å². The minimum atomic E-state index is -0.163. The molecular formula is C16H24N6O2. The predicted molar refractivity (Wildman–Crippen MR) is 89.1 cm³/mol. The third kappa shape index (κ3) is 3.00. The van der Waals surface area contributed by atoms with Gasteiger partial charge < -0.3 is 4.90 Å². The summed E-state index contributed by atoms with van der Waals surface area (Å²) >= 11 is 0. The molecular weight excluding hydrogens is 308 g/mol. The predicted octanol–water partition coefficient (Wildman–Crippen LogP) is 1.46. The Labute approximate surface area is 140 Å². The summed E-state index contributed by atoms with van der Waals surface area (Å²) in [5.41, 5.74) is 1.28. The number of amides is 1. The van der Waals surface area contributed by atoms with E-state index in [9.17, 15) is 9.59 Å². The third-order valence-electron chi connectivity index (χ3n) is 4.69. The number of rotatable bonds is 4. The molecule has 0 aliphatic carbocycles. The van der Waals surface area contributed by atoms with Crippen LogP contribution in [0.3, 0.4) is 0 Å². The van der Waals surface area contributed by atoms with E-state index in [0.717, 1.165) is 24.4 Å². The van der Waals surface area contributed by atoms with Crippen molar-refractivity contribution in [3.05, 3.63) is 33.8 Å². The number of likely N-dealkylation sites (tertiary alicyclic amines) is 1. The van der Waals surface area contributed by atoms with E-state index in [-0.39, 0.29) is 17.5 Å². The highest BCUT2D eigenvalue weighted by atomic mass is 16.2. The first-order valence-corrected chi connectivity index (χ1v) is 8.51. The number of hydrogen-bond donors (Lipinski definition) is 2. The van der Waals surface area contributed by atoms with E-state index in [1.165, 1.54) is 0 Å². The Kier molecular flexibility index (Phi) is 4.55. The fourth-order valence-corrected chi connectivity index (χ4v) is 3.19. The van der Waals surface area contributed by atoms with Crippen molar-refractivity contribution in [1.82, 2.24) is 29.9 Å². The Hall–Kier alpha value is -2.38. The molecule has 0 unspecified atom stereocenters. The zero-order chi connectivity index (χ0) is 17.3. The van der Waals surface area contributed by atoms with Gasteiger partial charge in [0, 0.05) is 31.2 Å². The minimum Gasteiger partial charge on any atom is -0.337 e. The Balaban J connectivity index is 1.66. The van der Waals surface area contributed by atoms with Crippen LogP contribution in [-0.4, -0.2) is 48.9 Å². The number of nitrogens with one attached hydrogen (secondary N) is 2. The van der Waals surface area contributed by atoms with Gasteiger partial charge in [-0.15, -0.1) is 0 Å². The van der Waals surface area contributed by atoms with Gasteiger partial charge in [0.2, 0.25) is 0 Å². The van der Waals surface area contributed by atoms with E-state index >= 15 is 0 Å². The van der Waals surface area contributed by atoms with Crippen LogP contribution in [0, 0.1) is 0 Å². The molecule has 2 aromatic rings. The van der Waals surface area contributed by atoms with Gasteiger partial charge >= 0.3 is 5.69 Å². The van der Waals surface area contributed by atoms with Gasteiger partial charge in [-0.05, 0) is 31.7 Å². The van der Waals surface area contributed by atoms with E-state index in [2.05, 4.69) is 34.2 Å². The van der Waals surface area contributed by atoms with Crippen molar-refractivity contribution in [2.24, 2.45) is 0 Å². The largest absolute Gasteiger partial charge is 0.343 e. The molecule has 8 nitrogen and oxygen atoms in total. The van der Waals surface area contributed by atoms with E-state index in [1.54, 1.807) is 4.57 Å². The maximum absolute atomic E-state index is 12.6. The second-order valence-electron chi connectivity index (χ2n) is 6.56. The van der Waals surface area contributed by atoms with Gasteiger partial charge in [0.15, 0.2) is 0 Å². The Morgan fingerprint density at radius 1 is 1.29 bits per heavy atom. The molecule has 0 atom stereocenters. The number of aromatic nitrogens is 5. The van der Waals surface area contributed by atoms with Gasteiger partial charge in [-0.2, -0.15) is 10.2 Å². The second kappa shape index (κ2) is 6.62. The van der Waals surface area contributed by atoms with Crippen LogP contribution in [0.4, 0.5) is 0 Å². The molecule has 2 N–H and O–H groups in total. The van der Waals surface area contributed by atoms with Gasteiger partial charge in [0.25, 0.3) is 5.91 Å². The summed E-state index contributed by atoms with van der Waals surface area (Å²) in [4.78, 5) is 26.1. The van der Waals surface area contributed by atoms with Crippen LogP contribution < -0.4 is 5.69 Å². The van der Waals surface area contributed by atoms with Gasteiger partial charge in [0.05, 0.1) is 0 Å². The summed E-state index contributed by atoms with van der Waals surface area (Å²) in [6, 6.07) is 1.83. The molecule has 0 bridgehead atoms. The lowest BCUT2D eigenvalue weighted by atomic mass is 9.95. The van der Waals surface area contributed by atoms with Gasteiger partial charge in [0.1, 0.15) is 11.5 Å².